The Balaban J connectivity index is 1.49. The lowest BCUT2D eigenvalue weighted by atomic mass is 10.0. The Kier molecular flexibility index (Phi) is 5.33. The number of rotatable bonds is 4. The number of aromatic nitrogens is 2. The molecule has 2 atom stereocenters. The molecular weight excluding hydrogens is 489 g/mol. The van der Waals surface area contributed by atoms with Gasteiger partial charge in [-0.1, -0.05) is 12.1 Å². The summed E-state index contributed by atoms with van der Waals surface area (Å²) in [6.07, 6.45) is -0.999. The van der Waals surface area contributed by atoms with E-state index in [2.05, 4.69) is 10.3 Å². The van der Waals surface area contributed by atoms with E-state index in [0.717, 1.165) is 29.2 Å². The number of benzene rings is 2. The van der Waals surface area contributed by atoms with Gasteiger partial charge in [-0.05, 0) is 66.8 Å². The fourth-order valence-corrected chi connectivity index (χ4v) is 5.02. The summed E-state index contributed by atoms with van der Waals surface area (Å²) in [5, 5.41) is 3.83. The van der Waals surface area contributed by atoms with Gasteiger partial charge in [0.25, 0.3) is 0 Å². The molecule has 2 aromatic carbocycles. The third-order valence-corrected chi connectivity index (χ3v) is 6.58. The molecule has 2 aliphatic heterocycles. The first-order valence-corrected chi connectivity index (χ1v) is 11.6. The van der Waals surface area contributed by atoms with Crippen molar-refractivity contribution in [3.8, 4) is 17.2 Å². The van der Waals surface area contributed by atoms with Crippen LogP contribution in [0.5, 0.6) is 11.5 Å². The molecule has 0 amide bonds. The fraction of sp³-hybridized carbons (Fsp3) is 0.154. The van der Waals surface area contributed by atoms with Crippen molar-refractivity contribution in [2.75, 3.05) is 11.7 Å². The lowest BCUT2D eigenvalue weighted by Crippen LogP contribution is -2.30. The SMILES string of the molecule is FC(F)(F)c1cccc(-n2cccc2[C@@H]2[C@@H](c3ccccn3)NC(=S)N2c2ccc3c(c2)OCO3)c1. The van der Waals surface area contributed by atoms with Crippen LogP contribution in [0.25, 0.3) is 5.69 Å². The third-order valence-electron chi connectivity index (χ3n) is 6.27. The summed E-state index contributed by atoms with van der Waals surface area (Å²) in [4.78, 5) is 6.48. The van der Waals surface area contributed by atoms with Crippen LogP contribution in [0.1, 0.15) is 29.0 Å². The fourth-order valence-electron chi connectivity index (χ4n) is 4.67. The largest absolute Gasteiger partial charge is 0.454 e. The molecule has 10 heteroatoms. The maximum Gasteiger partial charge on any atom is 0.416 e. The van der Waals surface area contributed by atoms with Gasteiger partial charge in [-0.15, -0.1) is 0 Å². The van der Waals surface area contributed by atoms with Crippen molar-refractivity contribution in [3.63, 3.8) is 0 Å². The Morgan fingerprint density at radius 2 is 1.78 bits per heavy atom. The number of pyridine rings is 1. The zero-order valence-electron chi connectivity index (χ0n) is 18.6. The highest BCUT2D eigenvalue weighted by molar-refractivity contribution is 7.80. The van der Waals surface area contributed by atoms with E-state index in [-0.39, 0.29) is 12.8 Å². The Hall–Kier alpha value is -4.05. The molecule has 2 aromatic heterocycles. The number of anilines is 1. The first-order chi connectivity index (χ1) is 17.4. The molecule has 4 aromatic rings. The predicted molar refractivity (Wildman–Crippen MR) is 131 cm³/mol. The predicted octanol–water partition coefficient (Wildman–Crippen LogP) is 5.80. The van der Waals surface area contributed by atoms with E-state index in [4.69, 9.17) is 21.7 Å². The average Bonchev–Trinajstić information content (AvgIpc) is 3.61. The molecular formula is C26H19F3N4O2S. The van der Waals surface area contributed by atoms with E-state index in [1.54, 1.807) is 23.0 Å². The van der Waals surface area contributed by atoms with Crippen LogP contribution in [-0.4, -0.2) is 21.5 Å². The number of halogens is 3. The first-order valence-electron chi connectivity index (χ1n) is 11.2. The van der Waals surface area contributed by atoms with Crippen LogP contribution < -0.4 is 19.7 Å². The van der Waals surface area contributed by atoms with Crippen LogP contribution in [0.3, 0.4) is 0 Å². The van der Waals surface area contributed by atoms with Crippen LogP contribution in [0.15, 0.2) is 85.2 Å². The van der Waals surface area contributed by atoms with Gasteiger partial charge in [0.2, 0.25) is 6.79 Å². The minimum Gasteiger partial charge on any atom is -0.454 e. The molecule has 0 spiro atoms. The minimum atomic E-state index is -4.45. The lowest BCUT2D eigenvalue weighted by molar-refractivity contribution is -0.137. The topological polar surface area (TPSA) is 51.6 Å². The molecule has 36 heavy (non-hydrogen) atoms. The Morgan fingerprint density at radius 3 is 2.58 bits per heavy atom. The van der Waals surface area contributed by atoms with E-state index in [9.17, 15) is 13.2 Å². The van der Waals surface area contributed by atoms with Gasteiger partial charge in [-0.25, -0.2) is 0 Å². The average molecular weight is 509 g/mol. The summed E-state index contributed by atoms with van der Waals surface area (Å²) in [5.41, 5.74) is 1.94. The second-order valence-electron chi connectivity index (χ2n) is 8.39. The second-order valence-corrected chi connectivity index (χ2v) is 8.77. The van der Waals surface area contributed by atoms with Gasteiger partial charge >= 0.3 is 6.18 Å². The molecule has 1 fully saturated rings. The molecule has 0 saturated carbocycles. The standard InChI is InChI=1S/C26H19F3N4O2S/c27-26(28,29)16-5-3-6-17(13-16)32-12-4-8-20(32)24-23(19-7-1-2-11-30-19)31-25(36)33(24)18-9-10-21-22(14-18)35-15-34-21/h1-14,23-24H,15H2,(H,31,36)/t23-,24-/m1/s1. The van der Waals surface area contributed by atoms with Crippen molar-refractivity contribution in [3.05, 3.63) is 102 Å². The van der Waals surface area contributed by atoms with Gasteiger partial charge < -0.3 is 24.3 Å². The number of alkyl halides is 3. The van der Waals surface area contributed by atoms with Crippen molar-refractivity contribution < 1.29 is 22.6 Å². The van der Waals surface area contributed by atoms with Gasteiger partial charge in [0.15, 0.2) is 16.6 Å². The number of nitrogens with one attached hydrogen (secondary N) is 1. The van der Waals surface area contributed by atoms with Crippen molar-refractivity contribution in [2.24, 2.45) is 0 Å². The minimum absolute atomic E-state index is 0.139. The molecule has 0 bridgehead atoms. The number of hydrogen-bond acceptors (Lipinski definition) is 4. The van der Waals surface area contributed by atoms with Crippen molar-refractivity contribution in [2.45, 2.75) is 18.3 Å². The van der Waals surface area contributed by atoms with Crippen molar-refractivity contribution >= 4 is 23.0 Å². The highest BCUT2D eigenvalue weighted by Crippen LogP contribution is 2.45. The summed E-state index contributed by atoms with van der Waals surface area (Å²) in [6.45, 7) is 0.139. The molecule has 0 unspecified atom stereocenters. The first kappa shape index (κ1) is 22.4. The van der Waals surface area contributed by atoms with Gasteiger partial charge in [-0.3, -0.25) is 4.98 Å². The Bertz CT molecular complexity index is 1440. The van der Waals surface area contributed by atoms with E-state index in [0.29, 0.717) is 22.3 Å². The molecule has 1 saturated heterocycles. The smallest absolute Gasteiger partial charge is 0.416 e. The molecule has 0 radical (unpaired) electrons. The normalized spacial score (nSPS) is 19.0. The molecule has 1 N–H and O–H groups in total. The number of nitrogens with zero attached hydrogens (tertiary/aromatic N) is 3. The van der Waals surface area contributed by atoms with Gasteiger partial charge in [0, 0.05) is 35.5 Å². The zero-order chi connectivity index (χ0) is 24.9. The van der Waals surface area contributed by atoms with Gasteiger partial charge in [0.1, 0.15) is 6.04 Å². The quantitative estimate of drug-likeness (QED) is 0.352. The molecule has 0 aliphatic carbocycles. The summed E-state index contributed by atoms with van der Waals surface area (Å²) in [5.74, 6) is 1.24. The molecule has 2 aliphatic rings. The maximum absolute atomic E-state index is 13.5. The van der Waals surface area contributed by atoms with Crippen LogP contribution in [0.2, 0.25) is 0 Å². The summed E-state index contributed by atoms with van der Waals surface area (Å²) in [6, 6.07) is 19.3. The summed E-state index contributed by atoms with van der Waals surface area (Å²) >= 11 is 5.77. The van der Waals surface area contributed by atoms with Crippen molar-refractivity contribution in [1.29, 1.82) is 0 Å². The van der Waals surface area contributed by atoms with Crippen molar-refractivity contribution in [1.82, 2.24) is 14.9 Å². The number of hydrogen-bond donors (Lipinski definition) is 1. The number of ether oxygens (including phenoxy) is 2. The highest BCUT2D eigenvalue weighted by atomic mass is 32.1. The van der Waals surface area contributed by atoms with E-state index in [1.807, 2.05) is 53.4 Å². The Labute approximate surface area is 209 Å². The zero-order valence-corrected chi connectivity index (χ0v) is 19.5. The lowest BCUT2D eigenvalue weighted by Gasteiger charge is -2.29. The van der Waals surface area contributed by atoms with E-state index >= 15 is 0 Å². The summed E-state index contributed by atoms with van der Waals surface area (Å²) in [7, 11) is 0. The highest BCUT2D eigenvalue weighted by Gasteiger charge is 2.42. The summed E-state index contributed by atoms with van der Waals surface area (Å²) < 4.78 is 53.2. The van der Waals surface area contributed by atoms with Crippen LogP contribution in [-0.2, 0) is 6.18 Å². The van der Waals surface area contributed by atoms with E-state index in [1.165, 1.54) is 6.07 Å². The van der Waals surface area contributed by atoms with Gasteiger partial charge in [-0.2, -0.15) is 13.2 Å². The maximum atomic E-state index is 13.5. The molecule has 6 rings (SSSR count). The molecule has 182 valence electrons. The van der Waals surface area contributed by atoms with Crippen LogP contribution in [0, 0.1) is 0 Å². The molecule has 6 nitrogen and oxygen atoms in total. The molecule has 4 heterocycles. The van der Waals surface area contributed by atoms with E-state index < -0.39 is 17.8 Å². The van der Waals surface area contributed by atoms with Crippen LogP contribution >= 0.6 is 12.2 Å². The second kappa shape index (κ2) is 8.56. The third kappa shape index (κ3) is 3.83. The number of thiocarbonyl (C=S) groups is 1. The number of fused-ring (bicyclic) bond motifs is 1. The monoisotopic (exact) mass is 508 g/mol. The van der Waals surface area contributed by atoms with Gasteiger partial charge in [0.05, 0.1) is 17.3 Å². The van der Waals surface area contributed by atoms with Crippen LogP contribution in [0.4, 0.5) is 18.9 Å². The Morgan fingerprint density at radius 1 is 0.917 bits per heavy atom.